The molecule has 0 aliphatic heterocycles. The summed E-state index contributed by atoms with van der Waals surface area (Å²) in [7, 11) is 0. The lowest BCUT2D eigenvalue weighted by Gasteiger charge is -2.07. The summed E-state index contributed by atoms with van der Waals surface area (Å²) in [5.41, 5.74) is 2.66. The Morgan fingerprint density at radius 3 is 2.46 bits per heavy atom. The van der Waals surface area contributed by atoms with Gasteiger partial charge in [0.2, 0.25) is 0 Å². The zero-order valence-corrected chi connectivity index (χ0v) is 14.3. The van der Waals surface area contributed by atoms with Crippen molar-refractivity contribution in [1.29, 1.82) is 0 Å². The zero-order chi connectivity index (χ0) is 18.2. The number of amides is 1. The van der Waals surface area contributed by atoms with Gasteiger partial charge < -0.3 is 5.32 Å². The van der Waals surface area contributed by atoms with Crippen molar-refractivity contribution in [3.8, 4) is 0 Å². The Bertz CT molecular complexity index is 851. The summed E-state index contributed by atoms with van der Waals surface area (Å²) in [4.78, 5) is 15.6. The van der Waals surface area contributed by atoms with Crippen LogP contribution in [-0.2, 0) is 13.0 Å². The maximum Gasteiger partial charge on any atom is 0.285 e. The molecule has 0 aliphatic carbocycles. The SMILES string of the molecule is O=C(NCCc1ccccc1)c1ccc[nH+]c1NCc1ccc(F)cc1. The monoisotopic (exact) mass is 350 g/mol. The number of hydrogen-bond acceptors (Lipinski definition) is 2. The molecule has 0 saturated carbocycles. The first kappa shape index (κ1) is 17.6. The van der Waals surface area contributed by atoms with Gasteiger partial charge in [-0.15, -0.1) is 0 Å². The van der Waals surface area contributed by atoms with E-state index in [0.717, 1.165) is 12.0 Å². The first-order chi connectivity index (χ1) is 12.7. The molecule has 132 valence electrons. The van der Waals surface area contributed by atoms with E-state index >= 15 is 0 Å². The molecule has 0 aliphatic rings. The maximum atomic E-state index is 13.0. The van der Waals surface area contributed by atoms with E-state index in [1.165, 1.54) is 17.7 Å². The van der Waals surface area contributed by atoms with E-state index in [0.29, 0.717) is 24.5 Å². The molecule has 0 saturated heterocycles. The Hall–Kier alpha value is -3.21. The van der Waals surface area contributed by atoms with Gasteiger partial charge in [0.15, 0.2) is 0 Å². The number of pyridine rings is 1. The number of carbonyl (C=O) groups excluding carboxylic acids is 1. The predicted octanol–water partition coefficient (Wildman–Crippen LogP) is 3.22. The van der Waals surface area contributed by atoms with Crippen molar-refractivity contribution >= 4 is 11.7 Å². The van der Waals surface area contributed by atoms with Gasteiger partial charge in [0.05, 0.1) is 6.20 Å². The van der Waals surface area contributed by atoms with Crippen molar-refractivity contribution in [3.05, 3.63) is 95.4 Å². The lowest BCUT2D eigenvalue weighted by atomic mass is 10.1. The summed E-state index contributed by atoms with van der Waals surface area (Å²) in [6, 6.07) is 19.8. The molecule has 1 amide bonds. The van der Waals surface area contributed by atoms with E-state index < -0.39 is 0 Å². The normalized spacial score (nSPS) is 10.3. The van der Waals surface area contributed by atoms with Crippen LogP contribution in [0.4, 0.5) is 10.2 Å². The largest absolute Gasteiger partial charge is 0.351 e. The molecular formula is C21H21FN3O+. The van der Waals surface area contributed by atoms with Gasteiger partial charge in [0.25, 0.3) is 11.7 Å². The molecule has 1 aromatic heterocycles. The molecule has 3 rings (SSSR count). The van der Waals surface area contributed by atoms with Gasteiger partial charge in [0.1, 0.15) is 17.9 Å². The predicted molar refractivity (Wildman–Crippen MR) is 99.2 cm³/mol. The van der Waals surface area contributed by atoms with Crippen LogP contribution in [0.3, 0.4) is 0 Å². The molecule has 0 fully saturated rings. The summed E-state index contributed by atoms with van der Waals surface area (Å²) >= 11 is 0. The number of hydrogen-bond donors (Lipinski definition) is 2. The average Bonchev–Trinajstić information content (AvgIpc) is 2.68. The molecule has 0 bridgehead atoms. The fourth-order valence-electron chi connectivity index (χ4n) is 2.63. The summed E-state index contributed by atoms with van der Waals surface area (Å²) < 4.78 is 13.0. The highest BCUT2D eigenvalue weighted by atomic mass is 19.1. The second-order valence-electron chi connectivity index (χ2n) is 5.93. The molecule has 0 radical (unpaired) electrons. The minimum Gasteiger partial charge on any atom is -0.351 e. The number of benzene rings is 2. The molecular weight excluding hydrogens is 329 g/mol. The van der Waals surface area contributed by atoms with Crippen molar-refractivity contribution < 1.29 is 14.2 Å². The fraction of sp³-hybridized carbons (Fsp3) is 0.143. The van der Waals surface area contributed by atoms with Crippen LogP contribution >= 0.6 is 0 Å². The van der Waals surface area contributed by atoms with Gasteiger partial charge in [-0.1, -0.05) is 42.5 Å². The highest BCUT2D eigenvalue weighted by Crippen LogP contribution is 2.11. The highest BCUT2D eigenvalue weighted by Gasteiger charge is 2.16. The Morgan fingerprint density at radius 2 is 1.69 bits per heavy atom. The second-order valence-corrected chi connectivity index (χ2v) is 5.93. The topological polar surface area (TPSA) is 55.3 Å². The van der Waals surface area contributed by atoms with Gasteiger partial charge in [-0.3, -0.25) is 10.1 Å². The second kappa shape index (κ2) is 8.76. The number of nitrogens with one attached hydrogen (secondary N) is 3. The van der Waals surface area contributed by atoms with E-state index in [2.05, 4.69) is 15.6 Å². The van der Waals surface area contributed by atoms with Gasteiger partial charge in [-0.2, -0.15) is 0 Å². The van der Waals surface area contributed by atoms with Crippen LogP contribution in [0, 0.1) is 5.82 Å². The average molecular weight is 350 g/mol. The van der Waals surface area contributed by atoms with E-state index in [-0.39, 0.29) is 11.7 Å². The standard InChI is InChI=1S/C21H20FN3O/c22-18-10-8-17(9-11-18)15-25-20-19(7-4-13-23-20)21(26)24-14-12-16-5-2-1-3-6-16/h1-11,13H,12,14-15H2,(H,23,25)(H,24,26)/p+1. The zero-order valence-electron chi connectivity index (χ0n) is 14.3. The minimum atomic E-state index is -0.265. The van der Waals surface area contributed by atoms with Gasteiger partial charge in [-0.25, -0.2) is 9.37 Å². The minimum absolute atomic E-state index is 0.139. The number of anilines is 1. The first-order valence-electron chi connectivity index (χ1n) is 8.53. The maximum absolute atomic E-state index is 13.0. The molecule has 0 atom stereocenters. The smallest absolute Gasteiger partial charge is 0.285 e. The van der Waals surface area contributed by atoms with Crippen molar-refractivity contribution in [3.63, 3.8) is 0 Å². The lowest BCUT2D eigenvalue weighted by molar-refractivity contribution is -0.361. The lowest BCUT2D eigenvalue weighted by Crippen LogP contribution is -2.28. The van der Waals surface area contributed by atoms with Gasteiger partial charge in [-0.05, 0) is 41.8 Å². The number of aromatic nitrogens is 1. The van der Waals surface area contributed by atoms with Crippen molar-refractivity contribution in [2.24, 2.45) is 0 Å². The molecule has 4 nitrogen and oxygen atoms in total. The van der Waals surface area contributed by atoms with Crippen LogP contribution in [0.25, 0.3) is 0 Å². The summed E-state index contributed by atoms with van der Waals surface area (Å²) in [6.45, 7) is 1.06. The highest BCUT2D eigenvalue weighted by molar-refractivity contribution is 5.98. The molecule has 5 heteroatoms. The summed E-state index contributed by atoms with van der Waals surface area (Å²) in [5, 5.41) is 6.14. The summed E-state index contributed by atoms with van der Waals surface area (Å²) in [6.07, 6.45) is 2.54. The molecule has 3 N–H and O–H groups in total. The Kier molecular flexibility index (Phi) is 5.93. The van der Waals surface area contributed by atoms with Gasteiger partial charge >= 0.3 is 0 Å². The van der Waals surface area contributed by atoms with Gasteiger partial charge in [0, 0.05) is 6.54 Å². The molecule has 0 spiro atoms. The van der Waals surface area contributed by atoms with E-state index in [9.17, 15) is 9.18 Å². The number of carbonyl (C=O) groups is 1. The number of halogens is 1. The Balaban J connectivity index is 1.58. The molecule has 3 aromatic rings. The third kappa shape index (κ3) is 4.89. The molecule has 26 heavy (non-hydrogen) atoms. The molecule has 1 heterocycles. The van der Waals surface area contributed by atoms with Crippen LogP contribution < -0.4 is 15.6 Å². The third-order valence-corrected chi connectivity index (χ3v) is 4.03. The van der Waals surface area contributed by atoms with Crippen molar-refractivity contribution in [1.82, 2.24) is 5.32 Å². The van der Waals surface area contributed by atoms with Crippen LogP contribution in [0.15, 0.2) is 72.9 Å². The molecule has 0 unspecified atom stereocenters. The fourth-order valence-corrected chi connectivity index (χ4v) is 2.63. The van der Waals surface area contributed by atoms with Crippen LogP contribution in [0.1, 0.15) is 21.5 Å². The van der Waals surface area contributed by atoms with Crippen molar-refractivity contribution in [2.45, 2.75) is 13.0 Å². The number of rotatable bonds is 7. The van der Waals surface area contributed by atoms with Crippen LogP contribution in [-0.4, -0.2) is 12.5 Å². The van der Waals surface area contributed by atoms with E-state index in [1.54, 1.807) is 30.5 Å². The van der Waals surface area contributed by atoms with Crippen molar-refractivity contribution in [2.75, 3.05) is 11.9 Å². The number of aromatic amines is 1. The Labute approximate surface area is 152 Å². The van der Waals surface area contributed by atoms with Crippen LogP contribution in [0.2, 0.25) is 0 Å². The first-order valence-corrected chi connectivity index (χ1v) is 8.53. The quantitative estimate of drug-likeness (QED) is 0.687. The summed E-state index contributed by atoms with van der Waals surface area (Å²) in [5.74, 6) is 0.229. The Morgan fingerprint density at radius 1 is 0.923 bits per heavy atom. The molecule has 2 aromatic carbocycles. The number of H-pyrrole nitrogens is 1. The van der Waals surface area contributed by atoms with E-state index in [4.69, 9.17) is 0 Å². The third-order valence-electron chi connectivity index (χ3n) is 4.03. The van der Waals surface area contributed by atoms with E-state index in [1.807, 2.05) is 30.3 Å². The van der Waals surface area contributed by atoms with Crippen LogP contribution in [0.5, 0.6) is 0 Å².